The van der Waals surface area contributed by atoms with E-state index in [1.807, 2.05) is 11.7 Å². The van der Waals surface area contributed by atoms with Gasteiger partial charge in [-0.15, -0.1) is 0 Å². The van der Waals surface area contributed by atoms with Gasteiger partial charge in [-0.25, -0.2) is 0 Å². The number of piperidine rings is 1. The molecular formula is C16H24N4. The highest BCUT2D eigenvalue weighted by molar-refractivity contribution is 5.81. The molecular weight excluding hydrogens is 248 g/mol. The van der Waals surface area contributed by atoms with Gasteiger partial charge in [-0.2, -0.15) is 5.10 Å². The van der Waals surface area contributed by atoms with Crippen LogP contribution in [0.15, 0.2) is 24.3 Å². The van der Waals surface area contributed by atoms with E-state index in [0.29, 0.717) is 0 Å². The first-order valence-corrected chi connectivity index (χ1v) is 7.54. The third kappa shape index (κ3) is 2.86. The number of hydrogen-bond acceptors (Lipinski definition) is 3. The summed E-state index contributed by atoms with van der Waals surface area (Å²) in [5.74, 6) is 0.830. The number of aryl methyl sites for hydroxylation is 1. The maximum absolute atomic E-state index is 4.69. The zero-order chi connectivity index (χ0) is 13.9. The van der Waals surface area contributed by atoms with Gasteiger partial charge in [-0.3, -0.25) is 4.68 Å². The normalized spacial score (nSPS) is 17.1. The molecule has 1 aromatic carbocycles. The lowest BCUT2D eigenvalue weighted by molar-refractivity contribution is 0.233. The van der Waals surface area contributed by atoms with Gasteiger partial charge in [0, 0.05) is 25.5 Å². The Morgan fingerprint density at radius 3 is 2.85 bits per heavy atom. The maximum atomic E-state index is 4.69. The first-order valence-electron chi connectivity index (χ1n) is 7.54. The minimum absolute atomic E-state index is 0.830. The highest BCUT2D eigenvalue weighted by atomic mass is 15.3. The average molecular weight is 272 g/mol. The molecule has 1 aromatic heterocycles. The van der Waals surface area contributed by atoms with Crippen LogP contribution in [0, 0.1) is 5.92 Å². The third-order valence-electron chi connectivity index (χ3n) is 4.28. The number of fused-ring (bicyclic) bond motifs is 1. The zero-order valence-corrected chi connectivity index (χ0v) is 12.5. The van der Waals surface area contributed by atoms with E-state index in [2.05, 4.69) is 46.6 Å². The number of nitrogens with zero attached hydrogens (tertiary/aromatic N) is 3. The fourth-order valence-electron chi connectivity index (χ4n) is 3.23. The highest BCUT2D eigenvalue weighted by Crippen LogP contribution is 2.20. The van der Waals surface area contributed by atoms with Crippen LogP contribution in [-0.2, 0) is 13.6 Å². The summed E-state index contributed by atoms with van der Waals surface area (Å²) in [7, 11) is 4.24. The Kier molecular flexibility index (Phi) is 4.03. The van der Waals surface area contributed by atoms with E-state index >= 15 is 0 Å². The van der Waals surface area contributed by atoms with E-state index in [1.165, 1.54) is 49.1 Å². The second-order valence-corrected chi connectivity index (χ2v) is 5.98. The quantitative estimate of drug-likeness (QED) is 0.924. The molecule has 4 heteroatoms. The topological polar surface area (TPSA) is 33.1 Å². The van der Waals surface area contributed by atoms with Crippen molar-refractivity contribution in [1.29, 1.82) is 0 Å². The fourth-order valence-corrected chi connectivity index (χ4v) is 3.23. The molecule has 1 aliphatic rings. The van der Waals surface area contributed by atoms with Gasteiger partial charge in [-0.05, 0) is 45.0 Å². The molecule has 0 amide bonds. The number of benzene rings is 1. The number of hydrogen-bond donors (Lipinski definition) is 1. The molecule has 3 rings (SSSR count). The van der Waals surface area contributed by atoms with Crippen LogP contribution in [0.1, 0.15) is 18.5 Å². The van der Waals surface area contributed by atoms with Gasteiger partial charge in [-0.1, -0.05) is 18.2 Å². The van der Waals surface area contributed by atoms with Gasteiger partial charge in [0.25, 0.3) is 0 Å². The lowest BCUT2D eigenvalue weighted by atomic mass is 9.97. The van der Waals surface area contributed by atoms with Crippen LogP contribution in [0.5, 0.6) is 0 Å². The van der Waals surface area contributed by atoms with Crippen LogP contribution >= 0.6 is 0 Å². The molecule has 0 atom stereocenters. The van der Waals surface area contributed by atoms with Crippen molar-refractivity contribution in [3.05, 3.63) is 30.0 Å². The second kappa shape index (κ2) is 5.94. The standard InChI is InChI=1S/C16H24N4/c1-19(11-13-7-9-17-10-8-13)12-15-14-5-3-4-6-16(14)20(2)18-15/h3-6,13,17H,7-12H2,1-2H3. The second-order valence-electron chi connectivity index (χ2n) is 5.98. The molecule has 108 valence electrons. The van der Waals surface area contributed by atoms with E-state index in [-0.39, 0.29) is 0 Å². The first-order chi connectivity index (χ1) is 9.74. The summed E-state index contributed by atoms with van der Waals surface area (Å²) in [6.45, 7) is 4.45. The van der Waals surface area contributed by atoms with Gasteiger partial charge in [0.1, 0.15) is 0 Å². The fraction of sp³-hybridized carbons (Fsp3) is 0.562. The summed E-state index contributed by atoms with van der Waals surface area (Å²) >= 11 is 0. The van der Waals surface area contributed by atoms with E-state index in [0.717, 1.165) is 12.5 Å². The predicted molar refractivity (Wildman–Crippen MR) is 82.6 cm³/mol. The zero-order valence-electron chi connectivity index (χ0n) is 12.5. The smallest absolute Gasteiger partial charge is 0.0843 e. The molecule has 0 aliphatic carbocycles. The summed E-state index contributed by atoms with van der Waals surface area (Å²) in [5, 5.41) is 9.40. The van der Waals surface area contributed by atoms with E-state index in [4.69, 9.17) is 0 Å². The minimum Gasteiger partial charge on any atom is -0.317 e. The van der Waals surface area contributed by atoms with Crippen molar-refractivity contribution in [3.8, 4) is 0 Å². The van der Waals surface area contributed by atoms with Gasteiger partial charge in [0.2, 0.25) is 0 Å². The lowest BCUT2D eigenvalue weighted by Gasteiger charge is -2.27. The first kappa shape index (κ1) is 13.6. The molecule has 2 aromatic rings. The number of nitrogens with one attached hydrogen (secondary N) is 1. The summed E-state index contributed by atoms with van der Waals surface area (Å²) in [6.07, 6.45) is 2.60. The van der Waals surface area contributed by atoms with E-state index < -0.39 is 0 Å². The molecule has 1 aliphatic heterocycles. The van der Waals surface area contributed by atoms with Crippen LogP contribution in [0.2, 0.25) is 0 Å². The summed E-state index contributed by atoms with van der Waals surface area (Å²) in [6, 6.07) is 8.49. The minimum atomic E-state index is 0.830. The molecule has 0 spiro atoms. The van der Waals surface area contributed by atoms with Gasteiger partial charge >= 0.3 is 0 Å². The number of para-hydroxylation sites is 1. The number of rotatable bonds is 4. The summed E-state index contributed by atoms with van der Waals surface area (Å²) < 4.78 is 1.99. The molecule has 20 heavy (non-hydrogen) atoms. The largest absolute Gasteiger partial charge is 0.317 e. The Morgan fingerprint density at radius 2 is 2.05 bits per heavy atom. The Labute approximate surface area is 120 Å². The SMILES string of the molecule is CN(Cc1nn(C)c2ccccc12)CC1CCNCC1. The lowest BCUT2D eigenvalue weighted by Crippen LogP contribution is -2.34. The van der Waals surface area contributed by atoms with Crippen molar-refractivity contribution in [3.63, 3.8) is 0 Å². The van der Waals surface area contributed by atoms with Crippen molar-refractivity contribution in [2.75, 3.05) is 26.7 Å². The molecule has 0 unspecified atom stereocenters. The molecule has 0 saturated carbocycles. The van der Waals surface area contributed by atoms with Gasteiger partial charge < -0.3 is 10.2 Å². The summed E-state index contributed by atoms with van der Waals surface area (Å²) in [5.41, 5.74) is 2.41. The van der Waals surface area contributed by atoms with E-state index in [1.54, 1.807) is 0 Å². The molecule has 2 heterocycles. The van der Waals surface area contributed by atoms with Crippen molar-refractivity contribution >= 4 is 10.9 Å². The van der Waals surface area contributed by atoms with Crippen molar-refractivity contribution in [2.24, 2.45) is 13.0 Å². The van der Waals surface area contributed by atoms with Crippen LogP contribution in [-0.4, -0.2) is 41.4 Å². The molecule has 4 nitrogen and oxygen atoms in total. The van der Waals surface area contributed by atoms with Crippen molar-refractivity contribution in [1.82, 2.24) is 20.0 Å². The Hall–Kier alpha value is -1.39. The average Bonchev–Trinajstić information content (AvgIpc) is 2.77. The van der Waals surface area contributed by atoms with Crippen LogP contribution in [0.25, 0.3) is 10.9 Å². The maximum Gasteiger partial charge on any atom is 0.0843 e. The van der Waals surface area contributed by atoms with Crippen LogP contribution in [0.4, 0.5) is 0 Å². The predicted octanol–water partition coefficient (Wildman–Crippen LogP) is 2.00. The van der Waals surface area contributed by atoms with E-state index in [9.17, 15) is 0 Å². The van der Waals surface area contributed by atoms with Crippen molar-refractivity contribution < 1.29 is 0 Å². The van der Waals surface area contributed by atoms with Crippen molar-refractivity contribution in [2.45, 2.75) is 19.4 Å². The van der Waals surface area contributed by atoms with Gasteiger partial charge in [0.05, 0.1) is 11.2 Å². The molecule has 0 bridgehead atoms. The number of aromatic nitrogens is 2. The third-order valence-corrected chi connectivity index (χ3v) is 4.28. The molecule has 1 saturated heterocycles. The Morgan fingerprint density at radius 1 is 1.30 bits per heavy atom. The molecule has 1 fully saturated rings. The van der Waals surface area contributed by atoms with Crippen LogP contribution < -0.4 is 5.32 Å². The summed E-state index contributed by atoms with van der Waals surface area (Å²) in [4.78, 5) is 2.42. The van der Waals surface area contributed by atoms with Gasteiger partial charge in [0.15, 0.2) is 0 Å². The Bertz CT molecular complexity index is 569. The highest BCUT2D eigenvalue weighted by Gasteiger charge is 2.16. The Balaban J connectivity index is 1.69. The molecule has 1 N–H and O–H groups in total. The van der Waals surface area contributed by atoms with Crippen LogP contribution in [0.3, 0.4) is 0 Å². The monoisotopic (exact) mass is 272 g/mol. The molecule has 0 radical (unpaired) electrons.